The van der Waals surface area contributed by atoms with Crippen molar-refractivity contribution in [3.05, 3.63) is 23.9 Å². The van der Waals surface area contributed by atoms with E-state index in [4.69, 9.17) is 0 Å². The summed E-state index contributed by atoms with van der Waals surface area (Å²) >= 11 is 0. The average Bonchev–Trinajstić information content (AvgIpc) is 2.22. The van der Waals surface area contributed by atoms with Gasteiger partial charge in [-0.25, -0.2) is 4.98 Å². The molecule has 1 aromatic heterocycles. The maximum Gasteiger partial charge on any atom is 0.126 e. The van der Waals surface area contributed by atoms with Crippen molar-refractivity contribution in [2.75, 3.05) is 5.32 Å². The van der Waals surface area contributed by atoms with Crippen molar-refractivity contribution in [2.45, 2.75) is 46.1 Å². The number of nitrogens with zero attached hydrogens (tertiary/aromatic N) is 1. The van der Waals surface area contributed by atoms with Crippen LogP contribution >= 0.6 is 0 Å². The Bertz CT molecular complexity index is 348. The molecule has 16 heavy (non-hydrogen) atoms. The standard InChI is InChI=1S/C14H22N2/c1-10-7-8-13(11(2)9-10)16-14-6-4-5-12(3)15-14/h4-6,10-11,13H,7-9H2,1-3H3,(H,15,16). The van der Waals surface area contributed by atoms with Crippen LogP contribution in [-0.2, 0) is 0 Å². The van der Waals surface area contributed by atoms with Crippen LogP contribution in [0.5, 0.6) is 0 Å². The van der Waals surface area contributed by atoms with Crippen molar-refractivity contribution >= 4 is 5.82 Å². The first-order valence-corrected chi connectivity index (χ1v) is 6.35. The molecular formula is C14H22N2. The number of nitrogens with one attached hydrogen (secondary N) is 1. The highest BCUT2D eigenvalue weighted by Crippen LogP contribution is 2.30. The second-order valence-electron chi connectivity index (χ2n) is 5.31. The van der Waals surface area contributed by atoms with Gasteiger partial charge >= 0.3 is 0 Å². The number of pyridine rings is 1. The monoisotopic (exact) mass is 218 g/mol. The van der Waals surface area contributed by atoms with Crippen LogP contribution in [0.25, 0.3) is 0 Å². The fourth-order valence-corrected chi connectivity index (χ4v) is 2.69. The van der Waals surface area contributed by atoms with Gasteiger partial charge < -0.3 is 5.32 Å². The van der Waals surface area contributed by atoms with E-state index in [1.54, 1.807) is 0 Å². The number of rotatable bonds is 2. The molecule has 0 saturated heterocycles. The summed E-state index contributed by atoms with van der Waals surface area (Å²) in [5, 5.41) is 3.58. The van der Waals surface area contributed by atoms with E-state index in [9.17, 15) is 0 Å². The van der Waals surface area contributed by atoms with Crippen LogP contribution in [-0.4, -0.2) is 11.0 Å². The predicted molar refractivity (Wildman–Crippen MR) is 68.6 cm³/mol. The van der Waals surface area contributed by atoms with E-state index in [1.807, 2.05) is 13.0 Å². The van der Waals surface area contributed by atoms with Gasteiger partial charge in [-0.15, -0.1) is 0 Å². The largest absolute Gasteiger partial charge is 0.367 e. The van der Waals surface area contributed by atoms with Crippen LogP contribution < -0.4 is 5.32 Å². The van der Waals surface area contributed by atoms with E-state index in [2.05, 4.69) is 36.3 Å². The number of aromatic nitrogens is 1. The maximum absolute atomic E-state index is 4.51. The fourth-order valence-electron chi connectivity index (χ4n) is 2.69. The second-order valence-corrected chi connectivity index (χ2v) is 5.31. The van der Waals surface area contributed by atoms with Crippen molar-refractivity contribution in [2.24, 2.45) is 11.8 Å². The smallest absolute Gasteiger partial charge is 0.126 e. The molecule has 2 heteroatoms. The molecule has 1 aliphatic rings. The minimum atomic E-state index is 0.602. The first kappa shape index (κ1) is 11.4. The topological polar surface area (TPSA) is 24.9 Å². The van der Waals surface area contributed by atoms with Gasteiger partial charge in [0.25, 0.3) is 0 Å². The number of hydrogen-bond acceptors (Lipinski definition) is 2. The van der Waals surface area contributed by atoms with E-state index in [1.165, 1.54) is 19.3 Å². The van der Waals surface area contributed by atoms with Gasteiger partial charge in [-0.2, -0.15) is 0 Å². The van der Waals surface area contributed by atoms with Crippen LogP contribution in [0, 0.1) is 18.8 Å². The Balaban J connectivity index is 1.99. The Labute approximate surface area is 98.5 Å². The molecule has 0 amide bonds. The lowest BCUT2D eigenvalue weighted by molar-refractivity contribution is 0.276. The van der Waals surface area contributed by atoms with Gasteiger partial charge in [0.2, 0.25) is 0 Å². The zero-order valence-corrected chi connectivity index (χ0v) is 10.5. The maximum atomic E-state index is 4.51. The van der Waals surface area contributed by atoms with Gasteiger partial charge in [0.15, 0.2) is 0 Å². The molecular weight excluding hydrogens is 196 g/mol. The second kappa shape index (κ2) is 4.86. The summed E-state index contributed by atoms with van der Waals surface area (Å²) in [7, 11) is 0. The third-order valence-electron chi connectivity index (χ3n) is 3.65. The lowest BCUT2D eigenvalue weighted by Crippen LogP contribution is -2.33. The molecule has 1 heterocycles. The van der Waals surface area contributed by atoms with Crippen LogP contribution in [0.2, 0.25) is 0 Å². The van der Waals surface area contributed by atoms with E-state index < -0.39 is 0 Å². The molecule has 1 aliphatic carbocycles. The molecule has 2 nitrogen and oxygen atoms in total. The quantitative estimate of drug-likeness (QED) is 0.820. The Morgan fingerprint density at radius 2 is 2.06 bits per heavy atom. The number of aryl methyl sites for hydroxylation is 1. The van der Waals surface area contributed by atoms with Crippen molar-refractivity contribution in [1.29, 1.82) is 0 Å². The molecule has 0 radical (unpaired) electrons. The molecule has 3 atom stereocenters. The molecule has 3 unspecified atom stereocenters. The van der Waals surface area contributed by atoms with Crippen molar-refractivity contribution in [1.82, 2.24) is 4.98 Å². The van der Waals surface area contributed by atoms with Gasteiger partial charge in [0, 0.05) is 11.7 Å². The summed E-state index contributed by atoms with van der Waals surface area (Å²) < 4.78 is 0. The Morgan fingerprint density at radius 3 is 2.75 bits per heavy atom. The minimum absolute atomic E-state index is 0.602. The lowest BCUT2D eigenvalue weighted by atomic mass is 9.80. The highest BCUT2D eigenvalue weighted by atomic mass is 15.0. The van der Waals surface area contributed by atoms with Crippen LogP contribution in [0.15, 0.2) is 18.2 Å². The van der Waals surface area contributed by atoms with Gasteiger partial charge in [-0.05, 0) is 50.2 Å². The van der Waals surface area contributed by atoms with Crippen LogP contribution in [0.3, 0.4) is 0 Å². The van der Waals surface area contributed by atoms with E-state index in [0.717, 1.165) is 23.3 Å². The molecule has 0 spiro atoms. The highest BCUT2D eigenvalue weighted by Gasteiger charge is 2.25. The normalized spacial score (nSPS) is 30.1. The SMILES string of the molecule is Cc1cccc(NC2CCC(C)CC2C)n1. The van der Waals surface area contributed by atoms with Crippen molar-refractivity contribution in [3.63, 3.8) is 0 Å². The summed E-state index contributed by atoms with van der Waals surface area (Å²) in [4.78, 5) is 4.51. The van der Waals surface area contributed by atoms with Gasteiger partial charge in [-0.1, -0.05) is 19.9 Å². The molecule has 2 rings (SSSR count). The first-order valence-electron chi connectivity index (χ1n) is 6.35. The van der Waals surface area contributed by atoms with Crippen LogP contribution in [0.4, 0.5) is 5.82 Å². The lowest BCUT2D eigenvalue weighted by Gasteiger charge is -2.33. The van der Waals surface area contributed by atoms with Gasteiger partial charge in [0.1, 0.15) is 5.82 Å². The third-order valence-corrected chi connectivity index (χ3v) is 3.65. The number of hydrogen-bond donors (Lipinski definition) is 1. The van der Waals surface area contributed by atoms with E-state index >= 15 is 0 Å². The summed E-state index contributed by atoms with van der Waals surface area (Å²) in [5.41, 5.74) is 1.09. The molecule has 1 saturated carbocycles. The average molecular weight is 218 g/mol. The zero-order valence-electron chi connectivity index (χ0n) is 10.5. The van der Waals surface area contributed by atoms with Gasteiger partial charge in [-0.3, -0.25) is 0 Å². The van der Waals surface area contributed by atoms with E-state index in [-0.39, 0.29) is 0 Å². The summed E-state index contributed by atoms with van der Waals surface area (Å²) in [6.45, 7) is 6.75. The van der Waals surface area contributed by atoms with Crippen molar-refractivity contribution < 1.29 is 0 Å². The molecule has 0 bridgehead atoms. The summed E-state index contributed by atoms with van der Waals surface area (Å²) in [5.74, 6) is 2.68. The molecule has 1 aromatic rings. The molecule has 0 aliphatic heterocycles. The first-order chi connectivity index (χ1) is 7.65. The molecule has 0 aromatic carbocycles. The Hall–Kier alpha value is -1.05. The number of anilines is 1. The Kier molecular flexibility index (Phi) is 3.47. The Morgan fingerprint density at radius 1 is 1.25 bits per heavy atom. The fraction of sp³-hybridized carbons (Fsp3) is 0.643. The zero-order chi connectivity index (χ0) is 11.5. The van der Waals surface area contributed by atoms with Gasteiger partial charge in [0.05, 0.1) is 0 Å². The van der Waals surface area contributed by atoms with Crippen molar-refractivity contribution in [3.8, 4) is 0 Å². The minimum Gasteiger partial charge on any atom is -0.367 e. The third kappa shape index (κ3) is 2.75. The summed E-state index contributed by atoms with van der Waals surface area (Å²) in [6, 6.07) is 6.78. The summed E-state index contributed by atoms with van der Waals surface area (Å²) in [6.07, 6.45) is 3.95. The highest BCUT2D eigenvalue weighted by molar-refractivity contribution is 5.36. The molecule has 1 N–H and O–H groups in total. The predicted octanol–water partition coefficient (Wildman–Crippen LogP) is 3.63. The van der Waals surface area contributed by atoms with E-state index in [0.29, 0.717) is 6.04 Å². The molecule has 1 fully saturated rings. The molecule has 88 valence electrons. The van der Waals surface area contributed by atoms with Crippen LogP contribution in [0.1, 0.15) is 38.8 Å².